The van der Waals surface area contributed by atoms with Crippen molar-refractivity contribution in [2.75, 3.05) is 52.5 Å². The van der Waals surface area contributed by atoms with Gasteiger partial charge in [0.15, 0.2) is 6.61 Å². The molecule has 0 bridgehead atoms. The van der Waals surface area contributed by atoms with Crippen molar-refractivity contribution in [3.05, 3.63) is 30.3 Å². The molecule has 4 rings (SSSR count). The summed E-state index contributed by atoms with van der Waals surface area (Å²) in [6.07, 6.45) is 3.87. The quantitative estimate of drug-likeness (QED) is 0.746. The summed E-state index contributed by atoms with van der Waals surface area (Å²) in [6, 6.07) is 9.70. The summed E-state index contributed by atoms with van der Waals surface area (Å²) in [6.45, 7) is 5.23. The number of amides is 2. The van der Waals surface area contributed by atoms with Crippen molar-refractivity contribution < 1.29 is 19.1 Å². The van der Waals surface area contributed by atoms with Crippen LogP contribution in [0.2, 0.25) is 0 Å². The van der Waals surface area contributed by atoms with Crippen LogP contribution in [-0.2, 0) is 14.3 Å². The molecule has 2 amide bonds. The first-order valence-electron chi connectivity index (χ1n) is 10.8. The molecule has 1 aromatic carbocycles. The highest BCUT2D eigenvalue weighted by Gasteiger charge is 2.38. The van der Waals surface area contributed by atoms with Gasteiger partial charge in [0.05, 0.1) is 6.04 Å². The summed E-state index contributed by atoms with van der Waals surface area (Å²) in [4.78, 5) is 31.8. The maximum absolute atomic E-state index is 13.1. The molecule has 7 heteroatoms. The van der Waals surface area contributed by atoms with Crippen molar-refractivity contribution in [3.63, 3.8) is 0 Å². The first kappa shape index (κ1) is 20.2. The maximum atomic E-state index is 13.1. The van der Waals surface area contributed by atoms with Crippen molar-refractivity contribution in [2.24, 2.45) is 0 Å². The Morgan fingerprint density at radius 2 is 1.72 bits per heavy atom. The van der Waals surface area contributed by atoms with Crippen LogP contribution in [0.15, 0.2) is 30.3 Å². The Bertz CT molecular complexity index is 685. The van der Waals surface area contributed by atoms with E-state index in [1.807, 2.05) is 35.2 Å². The Labute approximate surface area is 172 Å². The summed E-state index contributed by atoms with van der Waals surface area (Å²) in [5.41, 5.74) is 0. The number of carbonyl (C=O) groups excluding carboxylic acids is 2. The first-order valence-corrected chi connectivity index (χ1v) is 10.8. The minimum absolute atomic E-state index is 0.00676. The predicted octanol–water partition coefficient (Wildman–Crippen LogP) is 1.38. The second-order valence-corrected chi connectivity index (χ2v) is 8.05. The molecule has 0 saturated carbocycles. The molecule has 0 N–H and O–H groups in total. The van der Waals surface area contributed by atoms with Crippen molar-refractivity contribution in [1.29, 1.82) is 0 Å². The Morgan fingerprint density at radius 3 is 2.45 bits per heavy atom. The zero-order valence-corrected chi connectivity index (χ0v) is 17.0. The third-order valence-corrected chi connectivity index (χ3v) is 6.29. The number of ether oxygens (including phenoxy) is 2. The smallest absolute Gasteiger partial charge is 0.260 e. The van der Waals surface area contributed by atoms with Gasteiger partial charge in [-0.1, -0.05) is 18.2 Å². The maximum Gasteiger partial charge on any atom is 0.260 e. The average Bonchev–Trinajstić information content (AvgIpc) is 2.79. The molecule has 1 unspecified atom stereocenters. The highest BCUT2D eigenvalue weighted by molar-refractivity contribution is 5.83. The molecule has 158 valence electrons. The molecule has 3 aliphatic heterocycles. The number of hydrogen-bond acceptors (Lipinski definition) is 5. The number of rotatable bonds is 5. The molecule has 3 heterocycles. The number of nitrogens with zero attached hydrogens (tertiary/aromatic N) is 3. The van der Waals surface area contributed by atoms with Crippen LogP contribution < -0.4 is 4.74 Å². The third kappa shape index (κ3) is 4.90. The monoisotopic (exact) mass is 401 g/mol. The van der Waals surface area contributed by atoms with Crippen LogP contribution in [0.3, 0.4) is 0 Å². The molecule has 1 aromatic rings. The largest absolute Gasteiger partial charge is 0.484 e. The van der Waals surface area contributed by atoms with E-state index in [1.54, 1.807) is 0 Å². The lowest BCUT2D eigenvalue weighted by Gasteiger charge is -2.45. The van der Waals surface area contributed by atoms with Gasteiger partial charge in [-0.2, -0.15) is 0 Å². The van der Waals surface area contributed by atoms with Gasteiger partial charge >= 0.3 is 0 Å². The fraction of sp³-hybridized carbons (Fsp3) is 0.636. The van der Waals surface area contributed by atoms with Crippen molar-refractivity contribution in [2.45, 2.75) is 37.8 Å². The van der Waals surface area contributed by atoms with Crippen LogP contribution >= 0.6 is 0 Å². The van der Waals surface area contributed by atoms with Gasteiger partial charge in [0.1, 0.15) is 5.75 Å². The number of piperazine rings is 1. The molecular weight excluding hydrogens is 370 g/mol. The number of piperidine rings is 1. The van der Waals surface area contributed by atoms with E-state index >= 15 is 0 Å². The Balaban J connectivity index is 1.26. The topological polar surface area (TPSA) is 62.3 Å². The highest BCUT2D eigenvalue weighted by Crippen LogP contribution is 2.24. The van der Waals surface area contributed by atoms with Gasteiger partial charge in [0, 0.05) is 52.0 Å². The van der Waals surface area contributed by atoms with E-state index in [1.165, 1.54) is 0 Å². The summed E-state index contributed by atoms with van der Waals surface area (Å²) in [7, 11) is 0. The number of para-hydroxylation sites is 1. The fourth-order valence-electron chi connectivity index (χ4n) is 4.61. The summed E-state index contributed by atoms with van der Waals surface area (Å²) in [5, 5.41) is 0. The SMILES string of the molecule is O=C(COc1ccccc1)N1CCN(C2CCCN(C3CCOCC3)C2=O)CC1. The number of hydrogen-bond donors (Lipinski definition) is 0. The lowest BCUT2D eigenvalue weighted by molar-refractivity contribution is -0.146. The van der Waals surface area contributed by atoms with Gasteiger partial charge < -0.3 is 19.3 Å². The minimum atomic E-state index is -0.0376. The second-order valence-electron chi connectivity index (χ2n) is 8.05. The van der Waals surface area contributed by atoms with E-state index in [0.29, 0.717) is 24.9 Å². The van der Waals surface area contributed by atoms with Crippen LogP contribution in [0.5, 0.6) is 5.75 Å². The Kier molecular flexibility index (Phi) is 6.67. The minimum Gasteiger partial charge on any atom is -0.484 e. The fourth-order valence-corrected chi connectivity index (χ4v) is 4.61. The van der Waals surface area contributed by atoms with E-state index in [2.05, 4.69) is 9.80 Å². The summed E-state index contributed by atoms with van der Waals surface area (Å²) in [5.74, 6) is 0.989. The van der Waals surface area contributed by atoms with Gasteiger partial charge in [-0.05, 0) is 37.8 Å². The Hall–Kier alpha value is -2.12. The molecule has 3 saturated heterocycles. The van der Waals surface area contributed by atoms with Crippen molar-refractivity contribution >= 4 is 11.8 Å². The zero-order chi connectivity index (χ0) is 20.1. The summed E-state index contributed by atoms with van der Waals surface area (Å²) >= 11 is 0. The normalized spacial score (nSPS) is 24.6. The molecule has 3 aliphatic rings. The number of likely N-dealkylation sites (tertiary alicyclic amines) is 1. The van der Waals surface area contributed by atoms with Crippen LogP contribution in [0, 0.1) is 0 Å². The summed E-state index contributed by atoms with van der Waals surface area (Å²) < 4.78 is 11.0. The molecular formula is C22H31N3O4. The molecule has 7 nitrogen and oxygen atoms in total. The highest BCUT2D eigenvalue weighted by atomic mass is 16.5. The van der Waals surface area contributed by atoms with E-state index < -0.39 is 0 Å². The third-order valence-electron chi connectivity index (χ3n) is 6.29. The molecule has 0 aromatic heterocycles. The molecule has 0 aliphatic carbocycles. The molecule has 0 spiro atoms. The lowest BCUT2D eigenvalue weighted by atomic mass is 9.97. The van der Waals surface area contributed by atoms with Gasteiger partial charge in [-0.15, -0.1) is 0 Å². The molecule has 29 heavy (non-hydrogen) atoms. The molecule has 0 radical (unpaired) electrons. The van der Waals surface area contributed by atoms with Gasteiger partial charge in [0.2, 0.25) is 5.91 Å². The standard InChI is InChI=1S/C22H31N3O4/c26-21(17-29-19-5-2-1-3-6-19)24-13-11-23(12-14-24)20-7-4-10-25(22(20)27)18-8-15-28-16-9-18/h1-3,5-6,18,20H,4,7-17H2. The predicted molar refractivity (Wildman–Crippen MR) is 109 cm³/mol. The van der Waals surface area contributed by atoms with Gasteiger partial charge in [0.25, 0.3) is 5.91 Å². The first-order chi connectivity index (χ1) is 14.2. The molecule has 1 atom stereocenters. The average molecular weight is 402 g/mol. The number of carbonyl (C=O) groups is 2. The van der Waals surface area contributed by atoms with Gasteiger partial charge in [-0.3, -0.25) is 14.5 Å². The van der Waals surface area contributed by atoms with E-state index in [0.717, 1.165) is 58.5 Å². The van der Waals surface area contributed by atoms with E-state index in [9.17, 15) is 9.59 Å². The Morgan fingerprint density at radius 1 is 1.00 bits per heavy atom. The van der Waals surface area contributed by atoms with Crippen molar-refractivity contribution in [1.82, 2.24) is 14.7 Å². The van der Waals surface area contributed by atoms with E-state index in [-0.39, 0.29) is 24.5 Å². The lowest BCUT2D eigenvalue weighted by Crippen LogP contribution is -2.60. The molecule has 3 fully saturated rings. The van der Waals surface area contributed by atoms with E-state index in [4.69, 9.17) is 9.47 Å². The van der Waals surface area contributed by atoms with Crippen LogP contribution in [0.4, 0.5) is 0 Å². The van der Waals surface area contributed by atoms with Crippen LogP contribution in [0.25, 0.3) is 0 Å². The van der Waals surface area contributed by atoms with Crippen LogP contribution in [0.1, 0.15) is 25.7 Å². The second kappa shape index (κ2) is 9.59. The van der Waals surface area contributed by atoms with Gasteiger partial charge in [-0.25, -0.2) is 0 Å². The number of benzene rings is 1. The van der Waals surface area contributed by atoms with Crippen molar-refractivity contribution in [3.8, 4) is 5.75 Å². The van der Waals surface area contributed by atoms with Crippen LogP contribution in [-0.4, -0.2) is 91.1 Å². The zero-order valence-electron chi connectivity index (χ0n) is 17.0.